The molecule has 37 heavy (non-hydrogen) atoms. The third-order valence-electron chi connectivity index (χ3n) is 6.55. The van der Waals surface area contributed by atoms with Gasteiger partial charge in [0.2, 0.25) is 0 Å². The Bertz CT molecular complexity index is 1600. The standard InChI is InChI=1S/C29H26N2O5S/c1-15-11-17(3)24-22(12-15)37-29(30-24)31-25(18-7-6-8-20(14-18)35-4)23(27(33)28(31)34)26(32)19-9-10-21(36-5)16(2)13-19/h6-14,25,32H,1-5H3/t25-/m0/s1. The van der Waals surface area contributed by atoms with Crippen molar-refractivity contribution in [2.45, 2.75) is 26.8 Å². The van der Waals surface area contributed by atoms with Gasteiger partial charge in [0.15, 0.2) is 5.13 Å². The number of aliphatic hydroxyl groups excluding tert-OH is 1. The largest absolute Gasteiger partial charge is 0.507 e. The number of hydrogen-bond donors (Lipinski definition) is 1. The number of benzene rings is 3. The van der Waals surface area contributed by atoms with Crippen LogP contribution in [0.5, 0.6) is 11.5 Å². The van der Waals surface area contributed by atoms with E-state index in [-0.39, 0.29) is 11.3 Å². The molecule has 8 heteroatoms. The Labute approximate surface area is 218 Å². The zero-order valence-corrected chi connectivity index (χ0v) is 22.0. The molecule has 0 spiro atoms. The molecule has 1 saturated heterocycles. The van der Waals surface area contributed by atoms with E-state index in [1.807, 2.05) is 32.9 Å². The summed E-state index contributed by atoms with van der Waals surface area (Å²) in [6.07, 6.45) is 0. The molecule has 188 valence electrons. The quantitative estimate of drug-likeness (QED) is 0.204. The van der Waals surface area contributed by atoms with Crippen LogP contribution in [0.2, 0.25) is 0 Å². The number of thiazole rings is 1. The van der Waals surface area contributed by atoms with Crippen molar-refractivity contribution in [3.8, 4) is 11.5 Å². The summed E-state index contributed by atoms with van der Waals surface area (Å²) >= 11 is 1.34. The van der Waals surface area contributed by atoms with Crippen LogP contribution >= 0.6 is 11.3 Å². The number of ether oxygens (including phenoxy) is 2. The van der Waals surface area contributed by atoms with Gasteiger partial charge in [0.25, 0.3) is 5.78 Å². The van der Waals surface area contributed by atoms with Crippen molar-refractivity contribution < 1.29 is 24.2 Å². The van der Waals surface area contributed by atoms with E-state index in [4.69, 9.17) is 14.5 Å². The van der Waals surface area contributed by atoms with E-state index in [0.29, 0.717) is 27.8 Å². The average Bonchev–Trinajstić information content (AvgIpc) is 3.42. The van der Waals surface area contributed by atoms with Crippen LogP contribution in [0.4, 0.5) is 5.13 Å². The molecule has 1 aliphatic rings. The number of amides is 1. The Morgan fingerprint density at radius 3 is 2.46 bits per heavy atom. The second-order valence-corrected chi connectivity index (χ2v) is 10.1. The Hall–Kier alpha value is -4.17. The van der Waals surface area contributed by atoms with E-state index in [9.17, 15) is 14.7 Å². The minimum atomic E-state index is -0.889. The molecule has 0 unspecified atom stereocenters. The number of carbonyl (C=O) groups excluding carboxylic acids is 2. The molecule has 4 aromatic rings. The van der Waals surface area contributed by atoms with Crippen molar-refractivity contribution in [2.24, 2.45) is 0 Å². The maximum absolute atomic E-state index is 13.5. The van der Waals surface area contributed by atoms with Gasteiger partial charge in [0.05, 0.1) is 36.1 Å². The normalized spacial score (nSPS) is 17.0. The van der Waals surface area contributed by atoms with E-state index in [2.05, 4.69) is 0 Å². The lowest BCUT2D eigenvalue weighted by molar-refractivity contribution is -0.132. The highest BCUT2D eigenvalue weighted by Gasteiger charge is 2.48. The summed E-state index contributed by atoms with van der Waals surface area (Å²) in [4.78, 5) is 33.2. The molecule has 1 aliphatic heterocycles. The summed E-state index contributed by atoms with van der Waals surface area (Å²) in [6.45, 7) is 5.82. The number of fused-ring (bicyclic) bond motifs is 1. The van der Waals surface area contributed by atoms with Gasteiger partial charge in [-0.25, -0.2) is 4.98 Å². The zero-order valence-electron chi connectivity index (χ0n) is 21.2. The zero-order chi connectivity index (χ0) is 26.4. The van der Waals surface area contributed by atoms with Gasteiger partial charge in [-0.1, -0.05) is 29.5 Å². The van der Waals surface area contributed by atoms with E-state index < -0.39 is 17.7 Å². The molecule has 2 heterocycles. The molecule has 1 N–H and O–H groups in total. The second-order valence-electron chi connectivity index (χ2n) is 9.06. The maximum atomic E-state index is 13.5. The molecule has 3 aromatic carbocycles. The summed E-state index contributed by atoms with van der Waals surface area (Å²) in [5, 5.41) is 11.8. The minimum absolute atomic E-state index is 0.00465. The lowest BCUT2D eigenvalue weighted by Crippen LogP contribution is -2.29. The van der Waals surface area contributed by atoms with Crippen molar-refractivity contribution in [3.63, 3.8) is 0 Å². The summed E-state index contributed by atoms with van der Waals surface area (Å²) in [6, 6.07) is 15.4. The van der Waals surface area contributed by atoms with Crippen LogP contribution in [0.15, 0.2) is 60.2 Å². The second kappa shape index (κ2) is 9.37. The number of nitrogens with zero attached hydrogens (tertiary/aromatic N) is 2. The third-order valence-corrected chi connectivity index (χ3v) is 7.55. The number of carbonyl (C=O) groups is 2. The van der Waals surface area contributed by atoms with Gasteiger partial charge < -0.3 is 14.6 Å². The summed E-state index contributed by atoms with van der Waals surface area (Å²) in [7, 11) is 3.12. The Balaban J connectivity index is 1.75. The number of aromatic nitrogens is 1. The van der Waals surface area contributed by atoms with Crippen LogP contribution in [0.1, 0.15) is 33.9 Å². The van der Waals surface area contributed by atoms with E-state index in [1.165, 1.54) is 16.2 Å². The number of methoxy groups -OCH3 is 2. The van der Waals surface area contributed by atoms with E-state index >= 15 is 0 Å². The first-order chi connectivity index (χ1) is 17.7. The number of rotatable bonds is 5. The number of aryl methyl sites for hydroxylation is 3. The molecule has 0 radical (unpaired) electrons. The summed E-state index contributed by atoms with van der Waals surface area (Å²) in [5.41, 5.74) is 4.67. The Kier molecular flexibility index (Phi) is 6.21. The number of hydrogen-bond acceptors (Lipinski definition) is 7. The van der Waals surface area contributed by atoms with E-state index in [1.54, 1.807) is 56.7 Å². The van der Waals surface area contributed by atoms with Crippen molar-refractivity contribution in [3.05, 3.63) is 88.0 Å². The summed E-state index contributed by atoms with van der Waals surface area (Å²) < 4.78 is 11.7. The van der Waals surface area contributed by atoms with Crippen LogP contribution in [-0.4, -0.2) is 36.0 Å². The SMILES string of the molecule is COc1cccc([C@H]2C(=C(O)c3ccc(OC)c(C)c3)C(=O)C(=O)N2c2nc3c(C)cc(C)cc3s2)c1. The predicted octanol–water partition coefficient (Wildman–Crippen LogP) is 5.87. The van der Waals surface area contributed by atoms with Crippen molar-refractivity contribution in [2.75, 3.05) is 19.1 Å². The third kappa shape index (κ3) is 4.13. The lowest BCUT2D eigenvalue weighted by Gasteiger charge is -2.23. The Morgan fingerprint density at radius 2 is 1.76 bits per heavy atom. The predicted molar refractivity (Wildman–Crippen MR) is 145 cm³/mol. The fraction of sp³-hybridized carbons (Fsp3) is 0.207. The van der Waals surface area contributed by atoms with Crippen LogP contribution < -0.4 is 14.4 Å². The van der Waals surface area contributed by atoms with Gasteiger partial charge in [-0.3, -0.25) is 14.5 Å². The van der Waals surface area contributed by atoms with Crippen LogP contribution in [0.3, 0.4) is 0 Å². The van der Waals surface area contributed by atoms with Gasteiger partial charge in [-0.05, 0) is 79.4 Å². The van der Waals surface area contributed by atoms with Crippen LogP contribution in [0.25, 0.3) is 16.0 Å². The highest BCUT2D eigenvalue weighted by molar-refractivity contribution is 7.22. The summed E-state index contributed by atoms with van der Waals surface area (Å²) in [5.74, 6) is -0.549. The van der Waals surface area contributed by atoms with Gasteiger partial charge in [-0.2, -0.15) is 0 Å². The monoisotopic (exact) mass is 514 g/mol. The number of aliphatic hydroxyl groups is 1. The smallest absolute Gasteiger partial charge is 0.301 e. The fourth-order valence-electron chi connectivity index (χ4n) is 4.80. The molecule has 1 aromatic heterocycles. The maximum Gasteiger partial charge on any atom is 0.301 e. The van der Waals surface area contributed by atoms with Gasteiger partial charge in [0, 0.05) is 5.56 Å². The molecule has 0 saturated carbocycles. The van der Waals surface area contributed by atoms with Crippen molar-refractivity contribution >= 4 is 44.1 Å². The highest BCUT2D eigenvalue weighted by Crippen LogP contribution is 2.45. The molecule has 0 aliphatic carbocycles. The molecular weight excluding hydrogens is 488 g/mol. The first kappa shape index (κ1) is 24.5. The van der Waals surface area contributed by atoms with Crippen LogP contribution in [-0.2, 0) is 9.59 Å². The molecule has 5 rings (SSSR count). The van der Waals surface area contributed by atoms with Gasteiger partial charge in [-0.15, -0.1) is 0 Å². The fourth-order valence-corrected chi connectivity index (χ4v) is 5.97. The Morgan fingerprint density at radius 1 is 0.973 bits per heavy atom. The van der Waals surface area contributed by atoms with Crippen LogP contribution in [0, 0.1) is 20.8 Å². The number of Topliss-reactive ketones (excluding diaryl/α,β-unsaturated/α-hetero) is 1. The number of ketones is 1. The van der Waals surface area contributed by atoms with Crippen molar-refractivity contribution in [1.82, 2.24) is 4.98 Å². The van der Waals surface area contributed by atoms with Crippen molar-refractivity contribution in [1.29, 1.82) is 0 Å². The average molecular weight is 515 g/mol. The molecule has 1 amide bonds. The molecular formula is C29H26N2O5S. The minimum Gasteiger partial charge on any atom is -0.507 e. The van der Waals surface area contributed by atoms with E-state index in [0.717, 1.165) is 26.9 Å². The number of anilines is 1. The van der Waals surface area contributed by atoms with Gasteiger partial charge >= 0.3 is 5.91 Å². The molecule has 1 fully saturated rings. The molecule has 1 atom stereocenters. The topological polar surface area (TPSA) is 89.0 Å². The highest BCUT2D eigenvalue weighted by atomic mass is 32.1. The van der Waals surface area contributed by atoms with Gasteiger partial charge in [0.1, 0.15) is 17.3 Å². The first-order valence-electron chi connectivity index (χ1n) is 11.7. The molecule has 0 bridgehead atoms. The first-order valence-corrected chi connectivity index (χ1v) is 12.5. The lowest BCUT2D eigenvalue weighted by atomic mass is 9.94. The molecule has 7 nitrogen and oxygen atoms in total.